The number of hydrogen-bond donors (Lipinski definition) is 2. The molecule has 2 N–H and O–H groups in total. The summed E-state index contributed by atoms with van der Waals surface area (Å²) in [5.74, 6) is 1.49. The van der Waals surface area contributed by atoms with Crippen molar-refractivity contribution >= 4 is 30.9 Å². The summed E-state index contributed by atoms with van der Waals surface area (Å²) in [5, 5.41) is 13.8. The van der Waals surface area contributed by atoms with Crippen LogP contribution in [-0.4, -0.2) is 56.2 Å². The molecule has 1 atom stereocenters. The molecule has 0 aliphatic carbocycles. The van der Waals surface area contributed by atoms with Gasteiger partial charge in [-0.2, -0.15) is 8.78 Å². The normalized spacial score (nSPS) is 13.2. The van der Waals surface area contributed by atoms with E-state index in [1.54, 1.807) is 0 Å². The first-order valence-corrected chi connectivity index (χ1v) is 12.7. The van der Waals surface area contributed by atoms with E-state index in [0.29, 0.717) is 5.39 Å². The number of carbonyl (C=O) groups is 2. The average Bonchev–Trinajstić information content (AvgIpc) is 2.99. The first kappa shape index (κ1) is 24.0. The van der Waals surface area contributed by atoms with Gasteiger partial charge in [-0.05, 0) is 18.2 Å². The molecule has 0 saturated carbocycles. The average molecular weight is 455 g/mol. The van der Waals surface area contributed by atoms with Gasteiger partial charge in [0.2, 0.25) is 5.54 Å². The topological polar surface area (TPSA) is 99.0 Å². The van der Waals surface area contributed by atoms with Crippen LogP contribution >= 0.6 is 0 Å². The van der Waals surface area contributed by atoms with Gasteiger partial charge in [-0.15, -0.1) is 5.54 Å². The zero-order chi connectivity index (χ0) is 23.4. The van der Waals surface area contributed by atoms with Crippen molar-refractivity contribution in [1.82, 2.24) is 9.88 Å². The number of aromatic hydroxyl groups is 1. The SMILES string of the molecule is COC(=O)NC(C#C[Si](C)(C)C)(Cn1cc2ccc(OC(F)F)cc2c1O)C(=O)OC. The Hall–Kier alpha value is -3.26. The summed E-state index contributed by atoms with van der Waals surface area (Å²) < 4.78 is 40.2. The number of nitrogens with one attached hydrogen (secondary N) is 1. The van der Waals surface area contributed by atoms with Crippen LogP contribution in [-0.2, 0) is 20.8 Å². The molecule has 0 aliphatic rings. The van der Waals surface area contributed by atoms with Gasteiger partial charge in [-0.3, -0.25) is 5.32 Å². The number of hydrogen-bond acceptors (Lipinski definition) is 6. The highest BCUT2D eigenvalue weighted by atomic mass is 28.3. The predicted octanol–water partition coefficient (Wildman–Crippen LogP) is 3.10. The molecule has 1 aromatic heterocycles. The minimum atomic E-state index is -3.02. The molecule has 0 saturated heterocycles. The third-order valence-electron chi connectivity index (χ3n) is 4.15. The van der Waals surface area contributed by atoms with Crippen molar-refractivity contribution in [3.63, 3.8) is 0 Å². The van der Waals surface area contributed by atoms with Gasteiger partial charge in [0.1, 0.15) is 13.8 Å². The molecule has 2 rings (SSSR count). The molecular formula is C20H24F2N2O6Si. The fraction of sp³-hybridized carbons (Fsp3) is 0.400. The molecule has 8 nitrogen and oxygen atoms in total. The number of halogens is 2. The number of aromatic nitrogens is 1. The highest BCUT2D eigenvalue weighted by Crippen LogP contribution is 2.32. The van der Waals surface area contributed by atoms with Gasteiger partial charge in [0.05, 0.1) is 20.8 Å². The molecule has 1 aromatic carbocycles. The first-order chi connectivity index (χ1) is 14.4. The molecule has 0 fully saturated rings. The standard InChI is InChI=1S/C20H24F2N2O6Si/c1-28-17(26)20(23-19(27)29-2,8-9-31(3,4)5)12-24-11-13-6-7-14(30-18(21)22)10-15(13)16(24)25/h6-7,10-11,18,25H,12H2,1-5H3,(H,23,27). The number of amides is 1. The highest BCUT2D eigenvalue weighted by molar-refractivity contribution is 6.83. The number of benzene rings is 1. The number of rotatable bonds is 6. The lowest BCUT2D eigenvalue weighted by Crippen LogP contribution is -2.57. The van der Waals surface area contributed by atoms with Crippen molar-refractivity contribution in [2.75, 3.05) is 14.2 Å². The largest absolute Gasteiger partial charge is 0.494 e. The summed E-state index contributed by atoms with van der Waals surface area (Å²) in [6.07, 6.45) is 0.572. The molecule has 1 heterocycles. The van der Waals surface area contributed by atoms with E-state index in [1.165, 1.54) is 29.0 Å². The number of alkyl carbamates (subject to hydrolysis) is 1. The Morgan fingerprint density at radius 1 is 1.26 bits per heavy atom. The third kappa shape index (κ3) is 5.88. The second kappa shape index (κ2) is 9.26. The summed E-state index contributed by atoms with van der Waals surface area (Å²) in [7, 11) is 0.286. The van der Waals surface area contributed by atoms with Crippen LogP contribution in [0.4, 0.5) is 13.6 Å². The maximum atomic E-state index is 12.7. The molecule has 0 aliphatic heterocycles. The Balaban J connectivity index is 2.60. The van der Waals surface area contributed by atoms with Crippen molar-refractivity contribution < 1.29 is 37.7 Å². The van der Waals surface area contributed by atoms with Gasteiger partial charge in [0, 0.05) is 17.0 Å². The van der Waals surface area contributed by atoms with Crippen LogP contribution in [0.15, 0.2) is 24.4 Å². The summed E-state index contributed by atoms with van der Waals surface area (Å²) in [5.41, 5.74) is 1.17. The van der Waals surface area contributed by atoms with Gasteiger partial charge in [0.25, 0.3) is 0 Å². The van der Waals surface area contributed by atoms with Gasteiger partial charge >= 0.3 is 18.7 Å². The predicted molar refractivity (Wildman–Crippen MR) is 112 cm³/mol. The number of ether oxygens (including phenoxy) is 3. The van der Waals surface area contributed by atoms with Gasteiger partial charge < -0.3 is 23.9 Å². The van der Waals surface area contributed by atoms with Crippen molar-refractivity contribution in [1.29, 1.82) is 0 Å². The highest BCUT2D eigenvalue weighted by Gasteiger charge is 2.42. The van der Waals surface area contributed by atoms with E-state index in [-0.39, 0.29) is 23.6 Å². The van der Waals surface area contributed by atoms with E-state index in [1.807, 2.05) is 19.6 Å². The fourth-order valence-corrected chi connectivity index (χ4v) is 3.34. The molecule has 0 spiro atoms. The molecule has 11 heteroatoms. The lowest BCUT2D eigenvalue weighted by molar-refractivity contribution is -0.146. The minimum Gasteiger partial charge on any atom is -0.494 e. The molecule has 168 valence electrons. The van der Waals surface area contributed by atoms with Crippen LogP contribution in [0.3, 0.4) is 0 Å². The smallest absolute Gasteiger partial charge is 0.408 e. The number of alkyl halides is 2. The molecule has 1 amide bonds. The monoisotopic (exact) mass is 454 g/mol. The van der Waals surface area contributed by atoms with Crippen LogP contribution < -0.4 is 10.1 Å². The molecule has 2 aromatic rings. The van der Waals surface area contributed by atoms with Crippen LogP contribution in [0.2, 0.25) is 19.6 Å². The van der Waals surface area contributed by atoms with Gasteiger partial charge in [0.15, 0.2) is 5.88 Å². The number of methoxy groups -OCH3 is 2. The zero-order valence-electron chi connectivity index (χ0n) is 17.8. The number of carbonyl (C=O) groups excluding carboxylic acids is 2. The molecule has 0 bridgehead atoms. The molecule has 1 unspecified atom stereocenters. The van der Waals surface area contributed by atoms with E-state index < -0.39 is 32.3 Å². The summed E-state index contributed by atoms with van der Waals surface area (Å²) in [6.45, 7) is 2.51. The van der Waals surface area contributed by atoms with Crippen molar-refractivity contribution in [2.45, 2.75) is 38.3 Å². The van der Waals surface area contributed by atoms with Crippen LogP contribution in [0.5, 0.6) is 11.6 Å². The van der Waals surface area contributed by atoms with Crippen molar-refractivity contribution in [2.24, 2.45) is 0 Å². The Labute approximate surface area is 179 Å². The quantitative estimate of drug-likeness (QED) is 0.395. The summed E-state index contributed by atoms with van der Waals surface area (Å²) in [4.78, 5) is 24.7. The maximum absolute atomic E-state index is 12.7. The molecular weight excluding hydrogens is 430 g/mol. The Morgan fingerprint density at radius 3 is 2.48 bits per heavy atom. The number of esters is 1. The Kier molecular flexibility index (Phi) is 7.17. The summed E-state index contributed by atoms with van der Waals surface area (Å²) in [6, 6.07) is 4.04. The molecule has 0 radical (unpaired) electrons. The lowest BCUT2D eigenvalue weighted by Gasteiger charge is -2.27. The Morgan fingerprint density at radius 2 is 1.94 bits per heavy atom. The number of fused-ring (bicyclic) bond motifs is 1. The summed E-state index contributed by atoms with van der Waals surface area (Å²) >= 11 is 0. The van der Waals surface area contributed by atoms with Gasteiger partial charge in [-0.1, -0.05) is 25.6 Å². The van der Waals surface area contributed by atoms with E-state index in [9.17, 15) is 23.5 Å². The van der Waals surface area contributed by atoms with Gasteiger partial charge in [-0.25, -0.2) is 9.59 Å². The van der Waals surface area contributed by atoms with Crippen molar-refractivity contribution in [3.05, 3.63) is 24.4 Å². The number of nitrogens with zero attached hydrogens (tertiary/aromatic N) is 1. The van der Waals surface area contributed by atoms with E-state index in [2.05, 4.69) is 26.3 Å². The fourth-order valence-electron chi connectivity index (χ4n) is 2.75. The maximum Gasteiger partial charge on any atom is 0.408 e. The molecule has 31 heavy (non-hydrogen) atoms. The third-order valence-corrected chi connectivity index (χ3v) is 5.03. The second-order valence-corrected chi connectivity index (χ2v) is 12.5. The van der Waals surface area contributed by atoms with E-state index >= 15 is 0 Å². The van der Waals surface area contributed by atoms with E-state index in [4.69, 9.17) is 4.74 Å². The van der Waals surface area contributed by atoms with E-state index in [0.717, 1.165) is 14.2 Å². The Bertz CT molecular complexity index is 1040. The lowest BCUT2D eigenvalue weighted by atomic mass is 10.0. The minimum absolute atomic E-state index is 0.138. The van der Waals surface area contributed by atoms with Crippen LogP contribution in [0.1, 0.15) is 0 Å². The van der Waals surface area contributed by atoms with Crippen molar-refractivity contribution in [3.8, 4) is 23.1 Å². The second-order valence-electron chi connectivity index (χ2n) is 7.72. The van der Waals surface area contributed by atoms with Crippen LogP contribution in [0, 0.1) is 11.5 Å². The first-order valence-electron chi connectivity index (χ1n) is 9.16. The van der Waals surface area contributed by atoms with Crippen LogP contribution in [0.25, 0.3) is 10.8 Å². The zero-order valence-corrected chi connectivity index (χ0v) is 18.8.